The zero-order chi connectivity index (χ0) is 14.1. The minimum atomic E-state index is -0.833. The fourth-order valence-electron chi connectivity index (χ4n) is 1.31. The number of carboxylic acids is 1. The molecule has 19 heavy (non-hydrogen) atoms. The number of ketones is 1. The molecule has 0 fully saturated rings. The van der Waals surface area contributed by atoms with Crippen molar-refractivity contribution in [3.05, 3.63) is 35.9 Å². The molecule has 6 heteroatoms. The van der Waals surface area contributed by atoms with Crippen molar-refractivity contribution >= 4 is 28.7 Å². The zero-order valence-electron chi connectivity index (χ0n) is 10.6. The number of nitrogens with zero attached hydrogens (tertiary/aromatic N) is 1. The van der Waals surface area contributed by atoms with Gasteiger partial charge in [0, 0.05) is 19.0 Å². The van der Waals surface area contributed by atoms with Crippen LogP contribution in [0, 0.1) is 0 Å². The van der Waals surface area contributed by atoms with Gasteiger partial charge in [-0.05, 0) is 0 Å². The van der Waals surface area contributed by atoms with Gasteiger partial charge in [0.15, 0.2) is 11.0 Å². The summed E-state index contributed by atoms with van der Waals surface area (Å²) in [7, 11) is 0. The van der Waals surface area contributed by atoms with Gasteiger partial charge >= 0.3 is 0 Å². The lowest BCUT2D eigenvalue weighted by atomic mass is 10.2. The first-order valence-corrected chi connectivity index (χ1v) is 6.77. The fraction of sp³-hybridized carbons (Fsp3) is 0.308. The molecule has 0 saturated carbocycles. The maximum absolute atomic E-state index is 11.7. The van der Waals surface area contributed by atoms with E-state index in [4.69, 9.17) is 9.90 Å². The van der Waals surface area contributed by atoms with Crippen molar-refractivity contribution in [3.8, 4) is 0 Å². The van der Waals surface area contributed by atoms with E-state index in [-0.39, 0.29) is 5.78 Å². The molecule has 0 atom stereocenters. The topological polar surface area (TPSA) is 78.8 Å². The number of nitrogens with one attached hydrogen (secondary N) is 1. The van der Waals surface area contributed by atoms with E-state index < -0.39 is 5.97 Å². The average Bonchev–Trinajstić information content (AvgIpc) is 2.89. The van der Waals surface area contributed by atoms with Gasteiger partial charge < -0.3 is 10.4 Å². The minimum absolute atomic E-state index is 0.150. The maximum atomic E-state index is 11.7. The average molecular weight is 280 g/mol. The molecule has 0 amide bonds. The molecule has 1 aromatic carbocycles. The van der Waals surface area contributed by atoms with Crippen molar-refractivity contribution in [2.75, 3.05) is 18.8 Å². The summed E-state index contributed by atoms with van der Waals surface area (Å²) < 4.78 is 0. The van der Waals surface area contributed by atoms with E-state index in [0.29, 0.717) is 5.75 Å². The highest BCUT2D eigenvalue weighted by atomic mass is 32.2. The molecule has 2 N–H and O–H groups in total. The molecule has 1 aromatic rings. The Kier molecular flexibility index (Phi) is 6.67. The molecular weight excluding hydrogens is 264 g/mol. The van der Waals surface area contributed by atoms with E-state index in [1.165, 1.54) is 11.8 Å². The summed E-state index contributed by atoms with van der Waals surface area (Å²) in [4.78, 5) is 24.9. The fourth-order valence-corrected chi connectivity index (χ4v) is 2.14. The molecule has 1 aliphatic rings. The van der Waals surface area contributed by atoms with Crippen molar-refractivity contribution in [2.24, 2.45) is 4.99 Å². The quantitative estimate of drug-likeness (QED) is 0.823. The SMILES string of the molecule is CC(=O)O.O=C(CSC1=NCCN1)c1ccccc1. The van der Waals surface area contributed by atoms with E-state index in [2.05, 4.69) is 10.3 Å². The molecule has 0 unspecified atom stereocenters. The van der Waals surface area contributed by atoms with E-state index in [1.807, 2.05) is 30.3 Å². The number of aliphatic imine (C=N–C) groups is 1. The van der Waals surface area contributed by atoms with Crippen LogP contribution >= 0.6 is 11.8 Å². The number of hydrogen-bond donors (Lipinski definition) is 2. The summed E-state index contributed by atoms with van der Waals surface area (Å²) in [5, 5.41) is 11.4. The normalized spacial score (nSPS) is 12.8. The number of aliphatic carboxylic acids is 1. The van der Waals surface area contributed by atoms with E-state index in [0.717, 1.165) is 30.7 Å². The summed E-state index contributed by atoms with van der Waals surface area (Å²) in [5.41, 5.74) is 0.767. The number of thioether (sulfide) groups is 1. The summed E-state index contributed by atoms with van der Waals surface area (Å²) in [5.74, 6) is -0.229. The highest BCUT2D eigenvalue weighted by Crippen LogP contribution is 2.09. The van der Waals surface area contributed by atoms with Crippen molar-refractivity contribution in [3.63, 3.8) is 0 Å². The third-order valence-electron chi connectivity index (χ3n) is 2.08. The first-order valence-electron chi connectivity index (χ1n) is 5.78. The standard InChI is InChI=1S/C11H12N2OS.C2H4O2/c14-10(9-4-2-1-3-5-9)8-15-11-12-6-7-13-11;1-2(3)4/h1-5H,6-8H2,(H,12,13);1H3,(H,3,4). The molecule has 102 valence electrons. The molecule has 0 radical (unpaired) electrons. The Morgan fingerprint density at radius 2 is 2.00 bits per heavy atom. The molecule has 0 bridgehead atoms. The van der Waals surface area contributed by atoms with Gasteiger partial charge in [-0.25, -0.2) is 0 Å². The molecule has 0 spiro atoms. The van der Waals surface area contributed by atoms with Crippen LogP contribution in [0.4, 0.5) is 0 Å². The lowest BCUT2D eigenvalue weighted by molar-refractivity contribution is -0.134. The maximum Gasteiger partial charge on any atom is 0.300 e. The first-order chi connectivity index (χ1) is 9.09. The van der Waals surface area contributed by atoms with Crippen LogP contribution in [0.2, 0.25) is 0 Å². The number of benzene rings is 1. The Balaban J connectivity index is 0.000000399. The number of amidine groups is 1. The number of carbonyl (C=O) groups excluding carboxylic acids is 1. The monoisotopic (exact) mass is 280 g/mol. The summed E-state index contributed by atoms with van der Waals surface area (Å²) >= 11 is 1.48. The molecule has 0 saturated heterocycles. The van der Waals surface area contributed by atoms with Crippen LogP contribution in [-0.4, -0.2) is 40.9 Å². The lowest BCUT2D eigenvalue weighted by Gasteiger charge is -2.01. The highest BCUT2D eigenvalue weighted by Gasteiger charge is 2.10. The second-order valence-electron chi connectivity index (χ2n) is 3.71. The number of Topliss-reactive ketones (excluding diaryl/α,β-unsaturated/α-hetero) is 1. The molecule has 0 aromatic heterocycles. The minimum Gasteiger partial charge on any atom is -0.481 e. The zero-order valence-corrected chi connectivity index (χ0v) is 11.4. The third kappa shape index (κ3) is 6.61. The van der Waals surface area contributed by atoms with Crippen molar-refractivity contribution in [1.82, 2.24) is 5.32 Å². The van der Waals surface area contributed by atoms with Gasteiger partial charge in [0.2, 0.25) is 0 Å². The van der Waals surface area contributed by atoms with Crippen LogP contribution in [0.15, 0.2) is 35.3 Å². The largest absolute Gasteiger partial charge is 0.481 e. The molecule has 1 aliphatic heterocycles. The van der Waals surface area contributed by atoms with Gasteiger partial charge in [0.05, 0.1) is 12.3 Å². The molecule has 2 rings (SSSR count). The smallest absolute Gasteiger partial charge is 0.300 e. The van der Waals surface area contributed by atoms with Crippen molar-refractivity contribution < 1.29 is 14.7 Å². The van der Waals surface area contributed by atoms with Crippen LogP contribution in [0.3, 0.4) is 0 Å². The van der Waals surface area contributed by atoms with Crippen molar-refractivity contribution in [1.29, 1.82) is 0 Å². The Labute approximate surface area is 116 Å². The molecule has 0 aliphatic carbocycles. The summed E-state index contributed by atoms with van der Waals surface area (Å²) in [6.07, 6.45) is 0. The Bertz CT molecular complexity index is 456. The van der Waals surface area contributed by atoms with E-state index in [1.54, 1.807) is 0 Å². The van der Waals surface area contributed by atoms with Gasteiger partial charge in [-0.2, -0.15) is 0 Å². The van der Waals surface area contributed by atoms with Crippen LogP contribution in [-0.2, 0) is 4.79 Å². The summed E-state index contributed by atoms with van der Waals surface area (Å²) in [6, 6.07) is 9.35. The van der Waals surface area contributed by atoms with Crippen molar-refractivity contribution in [2.45, 2.75) is 6.92 Å². The Morgan fingerprint density at radius 1 is 1.37 bits per heavy atom. The first kappa shape index (κ1) is 15.2. The Hall–Kier alpha value is -1.82. The predicted molar refractivity (Wildman–Crippen MR) is 76.8 cm³/mol. The van der Waals surface area contributed by atoms with Gasteiger partial charge in [0.1, 0.15) is 0 Å². The number of carboxylic acid groups (broad SMARTS) is 1. The number of carbonyl (C=O) groups is 2. The van der Waals surface area contributed by atoms with Gasteiger partial charge in [-0.1, -0.05) is 42.1 Å². The molecule has 5 nitrogen and oxygen atoms in total. The second-order valence-corrected chi connectivity index (χ2v) is 4.67. The lowest BCUT2D eigenvalue weighted by Crippen LogP contribution is -2.17. The van der Waals surface area contributed by atoms with Crippen LogP contribution in [0.1, 0.15) is 17.3 Å². The summed E-state index contributed by atoms with van der Waals surface area (Å²) in [6.45, 7) is 2.80. The number of hydrogen-bond acceptors (Lipinski definition) is 5. The van der Waals surface area contributed by atoms with Crippen LogP contribution in [0.5, 0.6) is 0 Å². The van der Waals surface area contributed by atoms with Gasteiger partial charge in [-0.3, -0.25) is 14.6 Å². The highest BCUT2D eigenvalue weighted by molar-refractivity contribution is 8.14. The van der Waals surface area contributed by atoms with E-state index >= 15 is 0 Å². The van der Waals surface area contributed by atoms with Gasteiger partial charge in [0.25, 0.3) is 5.97 Å². The van der Waals surface area contributed by atoms with Crippen LogP contribution < -0.4 is 5.32 Å². The van der Waals surface area contributed by atoms with E-state index in [9.17, 15) is 4.79 Å². The Morgan fingerprint density at radius 3 is 2.53 bits per heavy atom. The third-order valence-corrected chi connectivity index (χ3v) is 3.03. The second kappa shape index (κ2) is 8.31. The molecular formula is C13H16N2O3S. The predicted octanol–water partition coefficient (Wildman–Crippen LogP) is 1.65. The van der Waals surface area contributed by atoms with Gasteiger partial charge in [-0.15, -0.1) is 0 Å². The number of rotatable bonds is 3. The van der Waals surface area contributed by atoms with Crippen LogP contribution in [0.25, 0.3) is 0 Å². The molecule has 1 heterocycles.